The average molecular weight is 435 g/mol. The second kappa shape index (κ2) is 6.47. The van der Waals surface area contributed by atoms with Crippen molar-refractivity contribution in [1.29, 1.82) is 0 Å². The zero-order chi connectivity index (χ0) is 13.8. The number of rotatable bonds is 4. The summed E-state index contributed by atoms with van der Waals surface area (Å²) in [7, 11) is 1.88. The van der Waals surface area contributed by atoms with Crippen LogP contribution in [0.2, 0.25) is 0 Å². The summed E-state index contributed by atoms with van der Waals surface area (Å²) in [5, 5.41) is 10.6. The summed E-state index contributed by atoms with van der Waals surface area (Å²) in [5.41, 5.74) is 0.643. The largest absolute Gasteiger partial charge is 0.352 e. The lowest BCUT2D eigenvalue weighted by molar-refractivity contribution is 0.0953. The van der Waals surface area contributed by atoms with Crippen LogP contribution in [0, 0.1) is 3.57 Å². The molecular formula is C12H12BrIN4O. The maximum absolute atomic E-state index is 12.0. The molecular weight excluding hydrogens is 423 g/mol. The van der Waals surface area contributed by atoms with Gasteiger partial charge in [-0.05, 0) is 56.7 Å². The zero-order valence-electron chi connectivity index (χ0n) is 10.2. The molecule has 0 radical (unpaired) electrons. The van der Waals surface area contributed by atoms with Gasteiger partial charge in [-0.1, -0.05) is 0 Å². The molecule has 0 spiro atoms. The summed E-state index contributed by atoms with van der Waals surface area (Å²) in [5.74, 6) is 0.759. The Morgan fingerprint density at radius 3 is 3.00 bits per heavy atom. The number of aromatic nitrogens is 3. The van der Waals surface area contributed by atoms with Crippen molar-refractivity contribution < 1.29 is 4.79 Å². The Morgan fingerprint density at radius 2 is 2.32 bits per heavy atom. The highest BCUT2D eigenvalue weighted by Gasteiger charge is 2.10. The van der Waals surface area contributed by atoms with Crippen LogP contribution in [0.15, 0.2) is 29.0 Å². The standard InChI is InChI=1S/C12H12BrIN4O/c1-18-7-16-17-11(18)4-5-15-12(19)9-6-8(14)2-3-10(9)13/h2-3,6-7H,4-5H2,1H3,(H,15,19). The van der Waals surface area contributed by atoms with Crippen LogP contribution in [-0.4, -0.2) is 27.2 Å². The summed E-state index contributed by atoms with van der Waals surface area (Å²) in [4.78, 5) is 12.0. The number of benzene rings is 1. The highest BCUT2D eigenvalue weighted by atomic mass is 127. The van der Waals surface area contributed by atoms with Gasteiger partial charge in [0, 0.05) is 28.1 Å². The Bertz CT molecular complexity index is 599. The van der Waals surface area contributed by atoms with Crippen molar-refractivity contribution >= 4 is 44.4 Å². The first kappa shape index (κ1) is 14.4. The van der Waals surface area contributed by atoms with Crippen molar-refractivity contribution in [2.24, 2.45) is 7.05 Å². The molecule has 0 fully saturated rings. The molecule has 100 valence electrons. The minimum atomic E-state index is -0.0902. The van der Waals surface area contributed by atoms with E-state index in [-0.39, 0.29) is 5.91 Å². The fraction of sp³-hybridized carbons (Fsp3) is 0.250. The first-order chi connectivity index (χ1) is 9.08. The molecule has 1 aromatic heterocycles. The summed E-state index contributed by atoms with van der Waals surface area (Å²) in [6.45, 7) is 0.531. The lowest BCUT2D eigenvalue weighted by atomic mass is 10.2. The van der Waals surface area contributed by atoms with Crippen LogP contribution in [0.5, 0.6) is 0 Å². The van der Waals surface area contributed by atoms with E-state index in [0.29, 0.717) is 18.5 Å². The van der Waals surface area contributed by atoms with Gasteiger partial charge in [-0.2, -0.15) is 0 Å². The van der Waals surface area contributed by atoms with Crippen LogP contribution >= 0.6 is 38.5 Å². The van der Waals surface area contributed by atoms with E-state index in [9.17, 15) is 4.79 Å². The molecule has 0 bridgehead atoms. The molecule has 0 aliphatic heterocycles. The quantitative estimate of drug-likeness (QED) is 0.750. The van der Waals surface area contributed by atoms with Gasteiger partial charge in [-0.15, -0.1) is 10.2 Å². The van der Waals surface area contributed by atoms with Gasteiger partial charge in [0.2, 0.25) is 0 Å². The number of amides is 1. The zero-order valence-corrected chi connectivity index (χ0v) is 14.0. The average Bonchev–Trinajstić information content (AvgIpc) is 2.78. The number of carbonyl (C=O) groups is 1. The van der Waals surface area contributed by atoms with E-state index >= 15 is 0 Å². The van der Waals surface area contributed by atoms with Gasteiger partial charge in [-0.25, -0.2) is 0 Å². The first-order valence-electron chi connectivity index (χ1n) is 5.64. The summed E-state index contributed by atoms with van der Waals surface area (Å²) in [6, 6.07) is 5.67. The Hall–Kier alpha value is -0.960. The second-order valence-corrected chi connectivity index (χ2v) is 6.09. The topological polar surface area (TPSA) is 59.8 Å². The molecule has 0 saturated heterocycles. The van der Waals surface area contributed by atoms with E-state index in [1.165, 1.54) is 0 Å². The van der Waals surface area contributed by atoms with Crippen LogP contribution in [0.1, 0.15) is 16.2 Å². The maximum atomic E-state index is 12.0. The number of aryl methyl sites for hydroxylation is 1. The van der Waals surface area contributed by atoms with Crippen molar-refractivity contribution in [3.63, 3.8) is 0 Å². The van der Waals surface area contributed by atoms with Gasteiger partial charge >= 0.3 is 0 Å². The number of halogens is 2. The fourth-order valence-electron chi connectivity index (χ4n) is 1.59. The van der Waals surface area contributed by atoms with E-state index in [1.54, 1.807) is 6.33 Å². The lowest BCUT2D eigenvalue weighted by Crippen LogP contribution is -2.26. The minimum absolute atomic E-state index is 0.0902. The third-order valence-electron chi connectivity index (χ3n) is 2.61. The van der Waals surface area contributed by atoms with E-state index < -0.39 is 0 Å². The summed E-state index contributed by atoms with van der Waals surface area (Å²) in [6.07, 6.45) is 2.30. The van der Waals surface area contributed by atoms with Gasteiger partial charge in [0.05, 0.1) is 5.56 Å². The van der Waals surface area contributed by atoms with E-state index in [2.05, 4.69) is 54.0 Å². The molecule has 0 atom stereocenters. The minimum Gasteiger partial charge on any atom is -0.352 e. The van der Waals surface area contributed by atoms with Crippen LogP contribution in [0.4, 0.5) is 0 Å². The highest BCUT2D eigenvalue weighted by molar-refractivity contribution is 14.1. The summed E-state index contributed by atoms with van der Waals surface area (Å²) >= 11 is 5.57. The Kier molecular flexibility index (Phi) is 4.92. The molecule has 1 amide bonds. The van der Waals surface area contributed by atoms with Crippen molar-refractivity contribution in [3.05, 3.63) is 44.0 Å². The molecule has 0 aliphatic carbocycles. The van der Waals surface area contributed by atoms with Crippen molar-refractivity contribution in [2.75, 3.05) is 6.54 Å². The number of hydrogen-bond donors (Lipinski definition) is 1. The molecule has 0 aliphatic rings. The molecule has 19 heavy (non-hydrogen) atoms. The maximum Gasteiger partial charge on any atom is 0.252 e. The molecule has 7 heteroatoms. The number of nitrogens with one attached hydrogen (secondary N) is 1. The molecule has 2 aromatic rings. The van der Waals surface area contributed by atoms with E-state index in [1.807, 2.05) is 29.8 Å². The van der Waals surface area contributed by atoms with E-state index in [4.69, 9.17) is 0 Å². The number of carbonyl (C=O) groups excluding carboxylic acids is 1. The third-order valence-corrected chi connectivity index (χ3v) is 3.97. The predicted octanol–water partition coefficient (Wildman–Crippen LogP) is 2.15. The van der Waals surface area contributed by atoms with Gasteiger partial charge in [-0.3, -0.25) is 4.79 Å². The molecule has 1 N–H and O–H groups in total. The van der Waals surface area contributed by atoms with Crippen molar-refractivity contribution in [2.45, 2.75) is 6.42 Å². The fourth-order valence-corrected chi connectivity index (χ4v) is 2.51. The van der Waals surface area contributed by atoms with Crippen LogP contribution in [0.3, 0.4) is 0 Å². The van der Waals surface area contributed by atoms with Gasteiger partial charge in [0.1, 0.15) is 12.2 Å². The number of nitrogens with zero attached hydrogens (tertiary/aromatic N) is 3. The van der Waals surface area contributed by atoms with Crippen LogP contribution < -0.4 is 5.32 Å². The number of hydrogen-bond acceptors (Lipinski definition) is 3. The smallest absolute Gasteiger partial charge is 0.252 e. The van der Waals surface area contributed by atoms with Crippen molar-refractivity contribution in [3.8, 4) is 0 Å². The van der Waals surface area contributed by atoms with Gasteiger partial charge < -0.3 is 9.88 Å². The first-order valence-corrected chi connectivity index (χ1v) is 7.51. The molecule has 1 heterocycles. The summed E-state index contributed by atoms with van der Waals surface area (Å²) < 4.78 is 3.66. The van der Waals surface area contributed by atoms with Gasteiger partial charge in [0.25, 0.3) is 5.91 Å². The Labute approximate surface area is 133 Å². The SMILES string of the molecule is Cn1cnnc1CCNC(=O)c1cc(I)ccc1Br. The van der Waals surface area contributed by atoms with Crippen LogP contribution in [-0.2, 0) is 13.5 Å². The van der Waals surface area contributed by atoms with E-state index in [0.717, 1.165) is 13.9 Å². The molecule has 1 aromatic carbocycles. The normalized spacial score (nSPS) is 10.5. The Balaban J connectivity index is 1.94. The second-order valence-electron chi connectivity index (χ2n) is 3.99. The third kappa shape index (κ3) is 3.75. The Morgan fingerprint density at radius 1 is 1.53 bits per heavy atom. The molecule has 2 rings (SSSR count). The van der Waals surface area contributed by atoms with Crippen LogP contribution in [0.25, 0.3) is 0 Å². The molecule has 0 unspecified atom stereocenters. The van der Waals surface area contributed by atoms with Gasteiger partial charge in [0.15, 0.2) is 0 Å². The monoisotopic (exact) mass is 434 g/mol. The molecule has 5 nitrogen and oxygen atoms in total. The predicted molar refractivity (Wildman–Crippen MR) is 83.9 cm³/mol. The van der Waals surface area contributed by atoms with Crippen molar-refractivity contribution in [1.82, 2.24) is 20.1 Å². The lowest BCUT2D eigenvalue weighted by Gasteiger charge is -2.07. The molecule has 0 saturated carbocycles. The highest BCUT2D eigenvalue weighted by Crippen LogP contribution is 2.19.